The lowest BCUT2D eigenvalue weighted by molar-refractivity contribution is -0.153. The Hall–Kier alpha value is -0.860. The van der Waals surface area contributed by atoms with E-state index in [1.165, 1.54) is 83.5 Å². The summed E-state index contributed by atoms with van der Waals surface area (Å²) in [6.07, 6.45) is 19.8. The van der Waals surface area contributed by atoms with Crippen LogP contribution >= 0.6 is 0 Å². The first-order chi connectivity index (χ1) is 12.2. The third kappa shape index (κ3) is 10.7. The first-order valence-electron chi connectivity index (χ1n) is 10.9. The molecule has 1 rings (SSSR count). The summed E-state index contributed by atoms with van der Waals surface area (Å²) < 4.78 is 4.58. The van der Waals surface area contributed by atoms with Crippen molar-refractivity contribution in [3.05, 3.63) is 0 Å². The van der Waals surface area contributed by atoms with E-state index in [4.69, 9.17) is 0 Å². The molecule has 0 N–H and O–H groups in total. The molecule has 1 aliphatic rings. The van der Waals surface area contributed by atoms with E-state index in [9.17, 15) is 9.59 Å². The van der Waals surface area contributed by atoms with Crippen LogP contribution < -0.4 is 0 Å². The first-order valence-corrected chi connectivity index (χ1v) is 10.9. The average Bonchev–Trinajstić information content (AvgIpc) is 2.92. The van der Waals surface area contributed by atoms with Crippen molar-refractivity contribution in [2.45, 2.75) is 117 Å². The highest BCUT2D eigenvalue weighted by molar-refractivity contribution is 5.94. The second kappa shape index (κ2) is 14.3. The van der Waals surface area contributed by atoms with E-state index in [0.717, 1.165) is 18.8 Å². The van der Waals surface area contributed by atoms with E-state index >= 15 is 0 Å². The molecular formula is C22H40O3. The molecule has 0 spiro atoms. The molecule has 0 aliphatic carbocycles. The lowest BCUT2D eigenvalue weighted by atomic mass is 9.93. The number of carbonyl (C=O) groups excluding carboxylic acids is 2. The van der Waals surface area contributed by atoms with Crippen molar-refractivity contribution in [3.63, 3.8) is 0 Å². The number of hydrogen-bond donors (Lipinski definition) is 0. The van der Waals surface area contributed by atoms with E-state index < -0.39 is 0 Å². The van der Waals surface area contributed by atoms with Gasteiger partial charge < -0.3 is 4.74 Å². The van der Waals surface area contributed by atoms with Crippen LogP contribution in [0.3, 0.4) is 0 Å². The largest absolute Gasteiger partial charge is 0.393 e. The molecule has 3 nitrogen and oxygen atoms in total. The van der Waals surface area contributed by atoms with E-state index in [0.29, 0.717) is 6.42 Å². The maximum atomic E-state index is 11.3. The Labute approximate surface area is 155 Å². The molecule has 25 heavy (non-hydrogen) atoms. The van der Waals surface area contributed by atoms with E-state index in [2.05, 4.69) is 18.6 Å². The zero-order valence-electron chi connectivity index (χ0n) is 16.7. The summed E-state index contributed by atoms with van der Waals surface area (Å²) in [5.41, 5.74) is 0. The minimum absolute atomic E-state index is 0.156. The van der Waals surface area contributed by atoms with Crippen LogP contribution in [-0.4, -0.2) is 11.9 Å². The Morgan fingerprint density at radius 1 is 0.840 bits per heavy atom. The van der Waals surface area contributed by atoms with Crippen molar-refractivity contribution >= 4 is 11.9 Å². The maximum Gasteiger partial charge on any atom is 0.317 e. The van der Waals surface area contributed by atoms with Gasteiger partial charge in [0.1, 0.15) is 0 Å². The minimum atomic E-state index is -0.342. The van der Waals surface area contributed by atoms with Crippen LogP contribution in [0.15, 0.2) is 0 Å². The predicted octanol–water partition coefficient (Wildman–Crippen LogP) is 6.58. The van der Waals surface area contributed by atoms with Gasteiger partial charge in [0.2, 0.25) is 0 Å². The number of hydrogen-bond acceptors (Lipinski definition) is 3. The SMILES string of the molecule is CCCCC(CC)CCCCCCCCCCCC1CC(=O)OC1=O. The zero-order chi connectivity index (χ0) is 18.3. The third-order valence-corrected chi connectivity index (χ3v) is 5.67. The molecule has 1 saturated heterocycles. The van der Waals surface area contributed by atoms with Gasteiger partial charge >= 0.3 is 11.9 Å². The topological polar surface area (TPSA) is 43.4 Å². The molecule has 0 saturated carbocycles. The number of ether oxygens (including phenoxy) is 1. The standard InChI is InChI=1S/C22H40O3/c1-3-5-15-19(4-2)16-13-11-9-7-6-8-10-12-14-17-20-18-21(23)25-22(20)24/h19-20H,3-18H2,1-2H3. The molecule has 146 valence electrons. The maximum absolute atomic E-state index is 11.3. The van der Waals surface area contributed by atoms with Gasteiger partial charge in [-0.1, -0.05) is 104 Å². The van der Waals surface area contributed by atoms with Crippen molar-refractivity contribution in [1.29, 1.82) is 0 Å². The Morgan fingerprint density at radius 3 is 1.92 bits per heavy atom. The smallest absolute Gasteiger partial charge is 0.317 e. The summed E-state index contributed by atoms with van der Waals surface area (Å²) in [6, 6.07) is 0. The molecule has 0 amide bonds. The monoisotopic (exact) mass is 352 g/mol. The molecule has 1 fully saturated rings. The lowest BCUT2D eigenvalue weighted by Gasteiger charge is -2.13. The molecular weight excluding hydrogens is 312 g/mol. The highest BCUT2D eigenvalue weighted by Gasteiger charge is 2.32. The number of unbranched alkanes of at least 4 members (excludes halogenated alkanes) is 9. The Kier molecular flexibility index (Phi) is 12.7. The summed E-state index contributed by atoms with van der Waals surface area (Å²) in [4.78, 5) is 22.3. The summed E-state index contributed by atoms with van der Waals surface area (Å²) in [7, 11) is 0. The molecule has 0 aromatic carbocycles. The molecule has 3 heteroatoms. The second-order valence-electron chi connectivity index (χ2n) is 7.87. The van der Waals surface area contributed by atoms with E-state index in [-0.39, 0.29) is 17.9 Å². The van der Waals surface area contributed by atoms with Crippen LogP contribution in [0.5, 0.6) is 0 Å². The van der Waals surface area contributed by atoms with Crippen molar-refractivity contribution < 1.29 is 14.3 Å². The van der Waals surface area contributed by atoms with Crippen molar-refractivity contribution in [2.24, 2.45) is 11.8 Å². The van der Waals surface area contributed by atoms with Crippen molar-refractivity contribution in [3.8, 4) is 0 Å². The lowest BCUT2D eigenvalue weighted by Crippen LogP contribution is -2.06. The summed E-state index contributed by atoms with van der Waals surface area (Å²) in [6.45, 7) is 4.63. The van der Waals surface area contributed by atoms with Gasteiger partial charge in [-0.3, -0.25) is 9.59 Å². The molecule has 2 atom stereocenters. The molecule has 0 radical (unpaired) electrons. The van der Waals surface area contributed by atoms with Crippen LogP contribution in [0, 0.1) is 11.8 Å². The van der Waals surface area contributed by atoms with Crippen molar-refractivity contribution in [2.75, 3.05) is 0 Å². The quantitative estimate of drug-likeness (QED) is 0.179. The third-order valence-electron chi connectivity index (χ3n) is 5.67. The summed E-state index contributed by atoms with van der Waals surface area (Å²) in [5.74, 6) is 0.166. The molecule has 1 heterocycles. The van der Waals surface area contributed by atoms with Gasteiger partial charge in [0.05, 0.1) is 12.3 Å². The summed E-state index contributed by atoms with van der Waals surface area (Å²) >= 11 is 0. The Balaban J connectivity index is 1.83. The van der Waals surface area contributed by atoms with Crippen LogP contribution in [-0.2, 0) is 14.3 Å². The number of cyclic esters (lactones) is 2. The number of esters is 2. The van der Waals surface area contributed by atoms with Crippen LogP contribution in [0.2, 0.25) is 0 Å². The molecule has 2 unspecified atom stereocenters. The fraction of sp³-hybridized carbons (Fsp3) is 0.909. The normalized spacial score (nSPS) is 18.6. The van der Waals surface area contributed by atoms with Gasteiger partial charge in [-0.25, -0.2) is 0 Å². The molecule has 0 aromatic rings. The van der Waals surface area contributed by atoms with E-state index in [1.54, 1.807) is 0 Å². The van der Waals surface area contributed by atoms with Gasteiger partial charge in [-0.05, 0) is 12.3 Å². The molecule has 1 aliphatic heterocycles. The minimum Gasteiger partial charge on any atom is -0.393 e. The van der Waals surface area contributed by atoms with Gasteiger partial charge in [-0.15, -0.1) is 0 Å². The van der Waals surface area contributed by atoms with Gasteiger partial charge in [-0.2, -0.15) is 0 Å². The zero-order valence-corrected chi connectivity index (χ0v) is 16.7. The number of carbonyl (C=O) groups is 2. The van der Waals surface area contributed by atoms with Gasteiger partial charge in [0, 0.05) is 0 Å². The second-order valence-corrected chi connectivity index (χ2v) is 7.87. The average molecular weight is 353 g/mol. The Morgan fingerprint density at radius 2 is 1.40 bits per heavy atom. The van der Waals surface area contributed by atoms with Crippen molar-refractivity contribution in [1.82, 2.24) is 0 Å². The Bertz CT molecular complexity index is 364. The van der Waals surface area contributed by atoms with Crippen LogP contribution in [0.1, 0.15) is 117 Å². The fourth-order valence-electron chi connectivity index (χ4n) is 3.85. The fourth-order valence-corrected chi connectivity index (χ4v) is 3.85. The highest BCUT2D eigenvalue weighted by atomic mass is 16.6. The van der Waals surface area contributed by atoms with Gasteiger partial charge in [0.15, 0.2) is 0 Å². The summed E-state index contributed by atoms with van der Waals surface area (Å²) in [5, 5.41) is 0. The van der Waals surface area contributed by atoms with Crippen LogP contribution in [0.4, 0.5) is 0 Å². The first kappa shape index (κ1) is 22.2. The van der Waals surface area contributed by atoms with Crippen LogP contribution in [0.25, 0.3) is 0 Å². The van der Waals surface area contributed by atoms with Gasteiger partial charge in [0.25, 0.3) is 0 Å². The molecule has 0 bridgehead atoms. The van der Waals surface area contributed by atoms with E-state index in [1.807, 2.05) is 0 Å². The highest BCUT2D eigenvalue weighted by Crippen LogP contribution is 2.23. The predicted molar refractivity (Wildman–Crippen MR) is 103 cm³/mol. The molecule has 0 aromatic heterocycles. The number of rotatable bonds is 16.